The van der Waals surface area contributed by atoms with Gasteiger partial charge in [0.25, 0.3) is 0 Å². The van der Waals surface area contributed by atoms with E-state index in [1.165, 1.54) is 0 Å². The predicted molar refractivity (Wildman–Crippen MR) is 81.2 cm³/mol. The summed E-state index contributed by atoms with van der Waals surface area (Å²) >= 11 is 0. The van der Waals surface area contributed by atoms with Crippen LogP contribution in [0.15, 0.2) is 24.3 Å². The summed E-state index contributed by atoms with van der Waals surface area (Å²) in [5.74, 6) is 0.821. The molecule has 1 amide bonds. The molecule has 116 valence electrons. The number of carbonyl (C=O) groups excluding carboxylic acids is 1. The third-order valence-electron chi connectivity index (χ3n) is 3.97. The van der Waals surface area contributed by atoms with Gasteiger partial charge in [-0.1, -0.05) is 12.1 Å². The number of likely N-dealkylation sites (tertiary alicyclic amines) is 1. The van der Waals surface area contributed by atoms with Crippen LogP contribution in [0.4, 0.5) is 0 Å². The lowest BCUT2D eigenvalue weighted by molar-refractivity contribution is -0.127. The van der Waals surface area contributed by atoms with E-state index in [-0.39, 0.29) is 18.4 Å². The second-order valence-electron chi connectivity index (χ2n) is 5.64. The molecule has 1 fully saturated rings. The maximum absolute atomic E-state index is 12.1. The zero-order chi connectivity index (χ0) is 15.2. The zero-order valence-corrected chi connectivity index (χ0v) is 12.7. The number of piperidine rings is 1. The van der Waals surface area contributed by atoms with Crippen molar-refractivity contribution in [2.45, 2.75) is 18.9 Å². The van der Waals surface area contributed by atoms with Crippen molar-refractivity contribution in [3.63, 3.8) is 0 Å². The number of benzene rings is 1. The molecule has 0 aromatic heterocycles. The smallest absolute Gasteiger partial charge is 0.224 e. The molecule has 0 aliphatic carbocycles. The Bertz CT molecular complexity index is 461. The highest BCUT2D eigenvalue weighted by Crippen LogP contribution is 2.18. The Morgan fingerprint density at radius 3 is 2.81 bits per heavy atom. The van der Waals surface area contributed by atoms with E-state index in [0.29, 0.717) is 0 Å². The Balaban J connectivity index is 1.82. The Morgan fingerprint density at radius 2 is 2.19 bits per heavy atom. The standard InChI is InChI=1S/C16H24N2O3/c1-18-9-3-4-13(11-18)16(20)17-10-15(19)12-5-7-14(21-2)8-6-12/h5-8,13,15,19H,3-4,9-11H2,1-2H3,(H,17,20). The summed E-state index contributed by atoms with van der Waals surface area (Å²) < 4.78 is 5.08. The number of nitrogens with one attached hydrogen (secondary N) is 1. The van der Waals surface area contributed by atoms with E-state index in [1.807, 2.05) is 19.2 Å². The van der Waals surface area contributed by atoms with Gasteiger partial charge >= 0.3 is 0 Å². The van der Waals surface area contributed by atoms with E-state index in [2.05, 4.69) is 10.2 Å². The first-order valence-corrected chi connectivity index (χ1v) is 7.38. The molecule has 1 aliphatic rings. The van der Waals surface area contributed by atoms with Crippen LogP contribution in [0.2, 0.25) is 0 Å². The van der Waals surface area contributed by atoms with Crippen molar-refractivity contribution in [2.24, 2.45) is 5.92 Å². The predicted octanol–water partition coefficient (Wildman–Crippen LogP) is 1.19. The first kappa shape index (κ1) is 15.8. The maximum atomic E-state index is 12.1. The Kier molecular flexibility index (Phi) is 5.59. The number of aliphatic hydroxyl groups excluding tert-OH is 1. The fraction of sp³-hybridized carbons (Fsp3) is 0.562. The van der Waals surface area contributed by atoms with Crippen LogP contribution >= 0.6 is 0 Å². The van der Waals surface area contributed by atoms with Crippen LogP contribution in [0.5, 0.6) is 5.75 Å². The molecule has 1 aromatic rings. The van der Waals surface area contributed by atoms with Gasteiger partial charge in [0.15, 0.2) is 0 Å². The molecule has 2 unspecified atom stereocenters. The second kappa shape index (κ2) is 7.43. The maximum Gasteiger partial charge on any atom is 0.224 e. The van der Waals surface area contributed by atoms with E-state index in [4.69, 9.17) is 4.74 Å². The van der Waals surface area contributed by atoms with Crippen molar-refractivity contribution in [1.29, 1.82) is 0 Å². The minimum atomic E-state index is -0.693. The average Bonchev–Trinajstić information content (AvgIpc) is 2.52. The van der Waals surface area contributed by atoms with Crippen LogP contribution in [-0.4, -0.2) is 49.7 Å². The molecule has 1 heterocycles. The zero-order valence-electron chi connectivity index (χ0n) is 12.7. The number of hydrogen-bond acceptors (Lipinski definition) is 4. The summed E-state index contributed by atoms with van der Waals surface area (Å²) in [4.78, 5) is 14.3. The Labute approximate surface area is 125 Å². The second-order valence-corrected chi connectivity index (χ2v) is 5.64. The van der Waals surface area contributed by atoms with Gasteiger partial charge in [0.05, 0.1) is 19.1 Å². The largest absolute Gasteiger partial charge is 0.497 e. The van der Waals surface area contributed by atoms with Gasteiger partial charge in [0.2, 0.25) is 5.91 Å². The van der Waals surface area contributed by atoms with E-state index in [1.54, 1.807) is 19.2 Å². The summed E-state index contributed by atoms with van der Waals surface area (Å²) in [6.45, 7) is 2.09. The number of methoxy groups -OCH3 is 1. The van der Waals surface area contributed by atoms with Crippen LogP contribution in [0, 0.1) is 5.92 Å². The number of amides is 1. The number of carbonyl (C=O) groups is 1. The third-order valence-corrected chi connectivity index (χ3v) is 3.97. The lowest BCUT2D eigenvalue weighted by atomic mass is 9.97. The van der Waals surface area contributed by atoms with E-state index in [0.717, 1.165) is 37.2 Å². The van der Waals surface area contributed by atoms with Gasteiger partial charge in [-0.25, -0.2) is 0 Å². The number of ether oxygens (including phenoxy) is 1. The molecule has 1 saturated heterocycles. The number of rotatable bonds is 5. The molecule has 0 saturated carbocycles. The number of aliphatic hydroxyl groups is 1. The van der Waals surface area contributed by atoms with Crippen LogP contribution < -0.4 is 10.1 Å². The van der Waals surface area contributed by atoms with Gasteiger partial charge < -0.3 is 20.1 Å². The van der Waals surface area contributed by atoms with E-state index in [9.17, 15) is 9.90 Å². The normalized spacial score (nSPS) is 20.8. The van der Waals surface area contributed by atoms with Gasteiger partial charge in [-0.2, -0.15) is 0 Å². The van der Waals surface area contributed by atoms with Crippen LogP contribution in [0.3, 0.4) is 0 Å². The topological polar surface area (TPSA) is 61.8 Å². The number of nitrogens with zero attached hydrogens (tertiary/aromatic N) is 1. The number of hydrogen-bond donors (Lipinski definition) is 2. The van der Waals surface area contributed by atoms with Crippen molar-refractivity contribution in [2.75, 3.05) is 33.8 Å². The molecule has 2 rings (SSSR count). The highest BCUT2D eigenvalue weighted by Gasteiger charge is 2.24. The molecule has 5 nitrogen and oxygen atoms in total. The van der Waals surface area contributed by atoms with Gasteiger partial charge in [-0.3, -0.25) is 4.79 Å². The van der Waals surface area contributed by atoms with E-state index >= 15 is 0 Å². The Hall–Kier alpha value is -1.59. The van der Waals surface area contributed by atoms with Gasteiger partial charge in [-0.15, -0.1) is 0 Å². The molecule has 1 aliphatic heterocycles. The molecule has 0 bridgehead atoms. The lowest BCUT2D eigenvalue weighted by Gasteiger charge is -2.29. The van der Waals surface area contributed by atoms with Crippen molar-refractivity contribution in [3.05, 3.63) is 29.8 Å². The first-order valence-electron chi connectivity index (χ1n) is 7.38. The first-order chi connectivity index (χ1) is 10.1. The fourth-order valence-corrected chi connectivity index (χ4v) is 2.67. The highest BCUT2D eigenvalue weighted by atomic mass is 16.5. The van der Waals surface area contributed by atoms with Crippen LogP contribution in [0.1, 0.15) is 24.5 Å². The summed E-state index contributed by atoms with van der Waals surface area (Å²) in [7, 11) is 3.64. The monoisotopic (exact) mass is 292 g/mol. The van der Waals surface area contributed by atoms with E-state index < -0.39 is 6.10 Å². The highest BCUT2D eigenvalue weighted by molar-refractivity contribution is 5.79. The summed E-state index contributed by atoms with van der Waals surface area (Å²) in [6, 6.07) is 7.22. The minimum Gasteiger partial charge on any atom is -0.497 e. The molecular weight excluding hydrogens is 268 g/mol. The van der Waals surface area contributed by atoms with Crippen LogP contribution in [-0.2, 0) is 4.79 Å². The van der Waals surface area contributed by atoms with Crippen molar-refractivity contribution in [1.82, 2.24) is 10.2 Å². The molecule has 1 aromatic carbocycles. The minimum absolute atomic E-state index is 0.0341. The molecule has 0 radical (unpaired) electrons. The summed E-state index contributed by atoms with van der Waals surface area (Å²) in [6.07, 6.45) is 1.28. The lowest BCUT2D eigenvalue weighted by Crippen LogP contribution is -2.42. The molecular formula is C16H24N2O3. The van der Waals surface area contributed by atoms with Gasteiger partial charge in [0, 0.05) is 13.1 Å². The van der Waals surface area contributed by atoms with Crippen molar-refractivity contribution >= 4 is 5.91 Å². The summed E-state index contributed by atoms with van der Waals surface area (Å²) in [5, 5.41) is 13.0. The Morgan fingerprint density at radius 1 is 1.48 bits per heavy atom. The van der Waals surface area contributed by atoms with Gasteiger partial charge in [-0.05, 0) is 44.1 Å². The molecule has 2 atom stereocenters. The quantitative estimate of drug-likeness (QED) is 0.856. The fourth-order valence-electron chi connectivity index (χ4n) is 2.67. The average molecular weight is 292 g/mol. The van der Waals surface area contributed by atoms with Crippen molar-refractivity contribution in [3.8, 4) is 5.75 Å². The van der Waals surface area contributed by atoms with Crippen molar-refractivity contribution < 1.29 is 14.6 Å². The molecule has 21 heavy (non-hydrogen) atoms. The third kappa shape index (κ3) is 4.44. The SMILES string of the molecule is COc1ccc(C(O)CNC(=O)C2CCCN(C)C2)cc1. The molecule has 2 N–H and O–H groups in total. The van der Waals surface area contributed by atoms with Gasteiger partial charge in [0.1, 0.15) is 5.75 Å². The molecule has 5 heteroatoms. The summed E-state index contributed by atoms with van der Waals surface area (Å²) in [5.41, 5.74) is 0.775. The van der Waals surface area contributed by atoms with Crippen LogP contribution in [0.25, 0.3) is 0 Å². The molecule has 0 spiro atoms.